The Morgan fingerprint density at radius 3 is 1.64 bits per heavy atom. The third-order valence-electron chi connectivity index (χ3n) is 0.991. The zero-order valence-electron chi connectivity index (χ0n) is 7.12. The summed E-state index contributed by atoms with van der Waals surface area (Å²) in [4.78, 5) is 0. The molecule has 0 rings (SSSR count). The summed E-state index contributed by atoms with van der Waals surface area (Å²) in [6, 6.07) is 0. The summed E-state index contributed by atoms with van der Waals surface area (Å²) in [6.45, 7) is 6.48. The van der Waals surface area contributed by atoms with Gasteiger partial charge in [-0.25, -0.2) is 0 Å². The third kappa shape index (κ3) is 5.45. The van der Waals surface area contributed by atoms with Crippen LogP contribution in [-0.4, -0.2) is 23.2 Å². The smallest absolute Gasteiger partial charge is 0.384 e. The van der Waals surface area contributed by atoms with E-state index in [0.29, 0.717) is 0 Å². The Kier molecular flexibility index (Phi) is 3.33. The summed E-state index contributed by atoms with van der Waals surface area (Å²) in [7, 11) is -4.94. The van der Waals surface area contributed by atoms with Crippen LogP contribution in [0.2, 0.25) is 26.2 Å². The van der Waals surface area contributed by atoms with E-state index in [0.717, 1.165) is 0 Å². The van der Waals surface area contributed by atoms with E-state index in [1.165, 1.54) is 6.55 Å². The molecule has 6 heteroatoms. The lowest BCUT2D eigenvalue weighted by Gasteiger charge is -2.24. The highest BCUT2D eigenvalue weighted by atomic mass is 28.4. The molecule has 0 spiro atoms. The molecule has 0 fully saturated rings. The Morgan fingerprint density at radius 1 is 1.18 bits per heavy atom. The maximum atomic E-state index is 11.9. The average molecular weight is 202 g/mol. The van der Waals surface area contributed by atoms with Crippen molar-refractivity contribution in [3.63, 3.8) is 0 Å². The highest BCUT2D eigenvalue weighted by Crippen LogP contribution is 2.22. The molecule has 0 aliphatic heterocycles. The van der Waals surface area contributed by atoms with E-state index in [-0.39, 0.29) is 0 Å². The van der Waals surface area contributed by atoms with Crippen molar-refractivity contribution in [2.24, 2.45) is 0 Å². The summed E-state index contributed by atoms with van der Waals surface area (Å²) in [5, 5.41) is 0. The van der Waals surface area contributed by atoms with Crippen molar-refractivity contribution >= 4 is 17.4 Å². The van der Waals surface area contributed by atoms with Crippen molar-refractivity contribution in [1.82, 2.24) is 0 Å². The Morgan fingerprint density at radius 2 is 1.55 bits per heavy atom. The van der Waals surface area contributed by atoms with E-state index in [1.807, 2.05) is 0 Å². The molecular formula is C5H13F3OSi2. The lowest BCUT2D eigenvalue weighted by atomic mass is 11.5. The van der Waals surface area contributed by atoms with E-state index >= 15 is 0 Å². The molecule has 0 saturated heterocycles. The normalized spacial score (nSPS) is 16.6. The molecule has 11 heavy (non-hydrogen) atoms. The molecule has 0 amide bonds. The minimum absolute atomic E-state index is 1.18. The average Bonchev–Trinajstić information content (AvgIpc) is 1.56. The van der Waals surface area contributed by atoms with Crippen molar-refractivity contribution in [3.8, 4) is 0 Å². The van der Waals surface area contributed by atoms with Crippen LogP contribution in [0, 0.1) is 0 Å². The van der Waals surface area contributed by atoms with Crippen molar-refractivity contribution in [3.05, 3.63) is 0 Å². The van der Waals surface area contributed by atoms with E-state index < -0.39 is 23.2 Å². The fourth-order valence-corrected chi connectivity index (χ4v) is 5.37. The van der Waals surface area contributed by atoms with Crippen LogP contribution in [-0.2, 0) is 4.12 Å². The molecule has 0 aromatic carbocycles. The molecule has 0 aromatic rings. The number of alkyl halides is 3. The van der Waals surface area contributed by atoms with E-state index in [9.17, 15) is 13.2 Å². The van der Waals surface area contributed by atoms with Gasteiger partial charge in [-0.15, -0.1) is 0 Å². The van der Waals surface area contributed by atoms with E-state index in [4.69, 9.17) is 4.12 Å². The maximum absolute atomic E-state index is 11.9. The molecule has 0 aliphatic rings. The zero-order chi connectivity index (χ0) is 9.28. The topological polar surface area (TPSA) is 9.23 Å². The number of rotatable bonds is 2. The number of hydrogen-bond donors (Lipinski definition) is 0. The van der Waals surface area contributed by atoms with Gasteiger partial charge in [0.25, 0.3) is 9.04 Å². The Hall–Kier alpha value is 0.184. The summed E-state index contributed by atoms with van der Waals surface area (Å²) in [5.41, 5.74) is 0. The van der Waals surface area contributed by atoms with Crippen LogP contribution < -0.4 is 0 Å². The van der Waals surface area contributed by atoms with Crippen LogP contribution in [0.5, 0.6) is 0 Å². The van der Waals surface area contributed by atoms with Crippen molar-refractivity contribution in [2.75, 3.05) is 0 Å². The standard InChI is InChI=1S/C5H13F3OSi2/c1-10(5(6,7)8)9-11(2,3)4/h10H,1-4H3. The molecule has 0 aliphatic carbocycles. The summed E-state index contributed by atoms with van der Waals surface area (Å²) in [5.74, 6) is -4.08. The van der Waals surface area contributed by atoms with E-state index in [1.54, 1.807) is 19.6 Å². The van der Waals surface area contributed by atoms with Gasteiger partial charge >= 0.3 is 5.80 Å². The highest BCUT2D eigenvalue weighted by Gasteiger charge is 2.41. The van der Waals surface area contributed by atoms with Crippen LogP contribution in [0.4, 0.5) is 13.2 Å². The van der Waals surface area contributed by atoms with Crippen LogP contribution in [0.3, 0.4) is 0 Å². The van der Waals surface area contributed by atoms with Gasteiger partial charge in [0.2, 0.25) is 0 Å². The van der Waals surface area contributed by atoms with Crippen molar-refractivity contribution in [2.45, 2.75) is 32.0 Å². The molecule has 68 valence electrons. The first-order chi connectivity index (χ1) is 4.63. The minimum atomic E-state index is -4.08. The Bertz CT molecular complexity index is 129. The summed E-state index contributed by atoms with van der Waals surface area (Å²) in [6.07, 6.45) is 0. The second kappa shape index (κ2) is 3.28. The highest BCUT2D eigenvalue weighted by molar-refractivity contribution is 6.77. The van der Waals surface area contributed by atoms with Gasteiger partial charge in [0.05, 0.1) is 0 Å². The quantitative estimate of drug-likeness (QED) is 0.624. The predicted molar refractivity (Wildman–Crippen MR) is 43.5 cm³/mol. The lowest BCUT2D eigenvalue weighted by Crippen LogP contribution is -2.42. The van der Waals surface area contributed by atoms with Crippen LogP contribution in [0.15, 0.2) is 0 Å². The molecule has 1 nitrogen and oxygen atoms in total. The first-order valence-corrected chi connectivity index (χ1v) is 8.98. The number of hydrogen-bond acceptors (Lipinski definition) is 1. The predicted octanol–water partition coefficient (Wildman–Crippen LogP) is 2.29. The monoisotopic (exact) mass is 202 g/mol. The van der Waals surface area contributed by atoms with Gasteiger partial charge in [-0.05, 0) is 26.2 Å². The molecule has 0 aromatic heterocycles. The Balaban J connectivity index is 3.99. The molecule has 0 radical (unpaired) electrons. The fourth-order valence-electron chi connectivity index (χ4n) is 0.597. The van der Waals surface area contributed by atoms with Gasteiger partial charge in [-0.1, -0.05) is 0 Å². The SMILES string of the molecule is C[SiH](O[Si](C)(C)C)C(F)(F)F. The van der Waals surface area contributed by atoms with Gasteiger partial charge in [-0.2, -0.15) is 13.2 Å². The lowest BCUT2D eigenvalue weighted by molar-refractivity contribution is -0.0604. The zero-order valence-corrected chi connectivity index (χ0v) is 9.27. The summed E-state index contributed by atoms with van der Waals surface area (Å²) < 4.78 is 40.8. The third-order valence-corrected chi connectivity index (χ3v) is 6.16. The van der Waals surface area contributed by atoms with Crippen molar-refractivity contribution in [1.29, 1.82) is 0 Å². The van der Waals surface area contributed by atoms with E-state index in [2.05, 4.69) is 0 Å². The van der Waals surface area contributed by atoms with Crippen LogP contribution in [0.25, 0.3) is 0 Å². The van der Waals surface area contributed by atoms with Gasteiger partial charge in [0, 0.05) is 0 Å². The molecule has 0 bridgehead atoms. The largest absolute Gasteiger partial charge is 0.452 e. The maximum Gasteiger partial charge on any atom is 0.384 e. The molecular weight excluding hydrogens is 189 g/mol. The molecule has 0 N–H and O–H groups in total. The van der Waals surface area contributed by atoms with Gasteiger partial charge in [0.1, 0.15) is 0 Å². The molecule has 0 saturated carbocycles. The summed E-state index contributed by atoms with van der Waals surface area (Å²) >= 11 is 0. The van der Waals surface area contributed by atoms with Gasteiger partial charge in [-0.3, -0.25) is 0 Å². The second-order valence-corrected chi connectivity index (χ2v) is 10.5. The van der Waals surface area contributed by atoms with Crippen molar-refractivity contribution < 1.29 is 17.3 Å². The first kappa shape index (κ1) is 11.2. The minimum Gasteiger partial charge on any atom is -0.452 e. The second-order valence-electron chi connectivity index (χ2n) is 3.41. The molecule has 1 unspecified atom stereocenters. The molecule has 0 heterocycles. The first-order valence-electron chi connectivity index (χ1n) is 3.37. The van der Waals surface area contributed by atoms with Gasteiger partial charge in [0.15, 0.2) is 8.32 Å². The van der Waals surface area contributed by atoms with Gasteiger partial charge < -0.3 is 4.12 Å². The number of halogens is 3. The van der Waals surface area contributed by atoms with Crippen LogP contribution >= 0.6 is 0 Å². The van der Waals surface area contributed by atoms with Crippen LogP contribution in [0.1, 0.15) is 0 Å². The Labute approximate surface area is 67.4 Å². The fraction of sp³-hybridized carbons (Fsp3) is 1.00. The molecule has 1 atom stereocenters.